The molecule has 160 valence electrons. The van der Waals surface area contributed by atoms with E-state index in [1.54, 1.807) is 31.4 Å². The summed E-state index contributed by atoms with van der Waals surface area (Å²) in [6, 6.07) is 16.0. The molecule has 4 aromatic rings. The molecule has 7 heteroatoms. The largest absolute Gasteiger partial charge is 0.508 e. The topological polar surface area (TPSA) is 106 Å². The first-order valence-corrected chi connectivity index (χ1v) is 9.92. The lowest BCUT2D eigenvalue weighted by atomic mass is 9.85. The third-order valence-corrected chi connectivity index (χ3v) is 5.59. The van der Waals surface area contributed by atoms with Gasteiger partial charge in [0.25, 0.3) is 0 Å². The van der Waals surface area contributed by atoms with Crippen molar-refractivity contribution in [1.82, 2.24) is 0 Å². The summed E-state index contributed by atoms with van der Waals surface area (Å²) in [4.78, 5) is 25.3. The lowest BCUT2D eigenvalue weighted by Crippen LogP contribution is -2.22. The van der Waals surface area contributed by atoms with Crippen molar-refractivity contribution < 1.29 is 28.9 Å². The predicted molar refractivity (Wildman–Crippen MR) is 116 cm³/mol. The molecule has 3 aromatic carbocycles. The summed E-state index contributed by atoms with van der Waals surface area (Å²) < 4.78 is 16.7. The molecular formula is C25H18O7. The molecule has 0 amide bonds. The average Bonchev–Trinajstić information content (AvgIpc) is 2.78. The fraction of sp³-hybridized carbons (Fsp3) is 0.120. The Morgan fingerprint density at radius 1 is 0.969 bits per heavy atom. The highest BCUT2D eigenvalue weighted by atomic mass is 16.5. The Morgan fingerprint density at radius 2 is 1.69 bits per heavy atom. The molecule has 2 heterocycles. The minimum atomic E-state index is -0.450. The fourth-order valence-electron chi connectivity index (χ4n) is 4.05. The molecule has 0 bridgehead atoms. The molecule has 1 aliphatic rings. The number of fused-ring (bicyclic) bond motifs is 3. The van der Waals surface area contributed by atoms with E-state index in [-0.39, 0.29) is 40.4 Å². The van der Waals surface area contributed by atoms with Crippen LogP contribution in [0.4, 0.5) is 0 Å². The molecule has 2 N–H and O–H groups in total. The van der Waals surface area contributed by atoms with Gasteiger partial charge in [0.2, 0.25) is 0 Å². The Bertz CT molecular complexity index is 1400. The molecule has 7 nitrogen and oxygen atoms in total. The molecule has 5 rings (SSSR count). The summed E-state index contributed by atoms with van der Waals surface area (Å²) in [6.07, 6.45) is 0.0480. The summed E-state index contributed by atoms with van der Waals surface area (Å²) in [5.74, 6) is -0.0539. The monoisotopic (exact) mass is 430 g/mol. The lowest BCUT2D eigenvalue weighted by Gasteiger charge is -2.26. The van der Waals surface area contributed by atoms with Gasteiger partial charge in [0, 0.05) is 29.2 Å². The van der Waals surface area contributed by atoms with E-state index in [0.29, 0.717) is 16.9 Å². The van der Waals surface area contributed by atoms with Crippen LogP contribution in [0.2, 0.25) is 0 Å². The molecule has 0 radical (unpaired) electrons. The number of ether oxygens (including phenoxy) is 2. The zero-order chi connectivity index (χ0) is 22.4. The number of methoxy groups -OCH3 is 1. The van der Waals surface area contributed by atoms with Gasteiger partial charge in [-0.15, -0.1) is 0 Å². The minimum absolute atomic E-state index is 0.0164. The van der Waals surface area contributed by atoms with Gasteiger partial charge in [0.15, 0.2) is 5.43 Å². The van der Waals surface area contributed by atoms with Crippen LogP contribution < -0.4 is 14.9 Å². The Balaban J connectivity index is 1.78. The van der Waals surface area contributed by atoms with Crippen molar-refractivity contribution in [3.8, 4) is 34.3 Å². The van der Waals surface area contributed by atoms with Crippen LogP contribution in [0, 0.1) is 0 Å². The highest BCUT2D eigenvalue weighted by Crippen LogP contribution is 2.46. The zero-order valence-corrected chi connectivity index (χ0v) is 17.0. The smallest absolute Gasteiger partial charge is 0.312 e. The molecule has 1 aromatic heterocycles. The normalized spacial score (nSPS) is 15.3. The van der Waals surface area contributed by atoms with Gasteiger partial charge in [-0.3, -0.25) is 9.59 Å². The Morgan fingerprint density at radius 3 is 2.38 bits per heavy atom. The molecule has 1 atom stereocenters. The second-order valence-electron chi connectivity index (χ2n) is 7.54. The summed E-state index contributed by atoms with van der Waals surface area (Å²) in [6.45, 7) is 0. The van der Waals surface area contributed by atoms with E-state index in [0.717, 1.165) is 5.56 Å². The van der Waals surface area contributed by atoms with Crippen LogP contribution in [0.3, 0.4) is 0 Å². The van der Waals surface area contributed by atoms with Crippen molar-refractivity contribution in [3.63, 3.8) is 0 Å². The van der Waals surface area contributed by atoms with Gasteiger partial charge >= 0.3 is 5.97 Å². The third-order valence-electron chi connectivity index (χ3n) is 5.59. The molecule has 1 unspecified atom stereocenters. The van der Waals surface area contributed by atoms with E-state index in [4.69, 9.17) is 13.9 Å². The maximum absolute atomic E-state index is 12.9. The molecular weight excluding hydrogens is 412 g/mol. The second kappa shape index (κ2) is 7.46. The number of hydrogen-bond donors (Lipinski definition) is 2. The number of rotatable bonds is 3. The van der Waals surface area contributed by atoms with Gasteiger partial charge in [-0.2, -0.15) is 0 Å². The predicted octanol–water partition coefficient (Wildman–Crippen LogP) is 4.32. The number of benzene rings is 3. The molecule has 0 saturated heterocycles. The van der Waals surface area contributed by atoms with Crippen LogP contribution in [0.1, 0.15) is 23.5 Å². The van der Waals surface area contributed by atoms with Gasteiger partial charge in [-0.05, 0) is 42.0 Å². The van der Waals surface area contributed by atoms with Crippen LogP contribution in [0.15, 0.2) is 69.9 Å². The SMILES string of the molecule is COc1ccc(C2CC(=O)Oc3cc(O)c4c(=O)cc(-c5ccc(O)cc5)oc4c32)cc1. The quantitative estimate of drug-likeness (QED) is 0.368. The molecule has 32 heavy (non-hydrogen) atoms. The minimum Gasteiger partial charge on any atom is -0.508 e. The van der Waals surface area contributed by atoms with E-state index in [2.05, 4.69) is 0 Å². The van der Waals surface area contributed by atoms with E-state index in [1.165, 1.54) is 24.3 Å². The first kappa shape index (κ1) is 19.7. The number of carbonyl (C=O) groups excluding carboxylic acids is 1. The van der Waals surface area contributed by atoms with Crippen LogP contribution in [0.5, 0.6) is 23.0 Å². The molecule has 0 saturated carbocycles. The van der Waals surface area contributed by atoms with Gasteiger partial charge in [0.05, 0.1) is 13.5 Å². The number of esters is 1. The van der Waals surface area contributed by atoms with E-state index >= 15 is 0 Å². The van der Waals surface area contributed by atoms with Gasteiger partial charge in [-0.25, -0.2) is 0 Å². The number of phenolic OH excluding ortho intramolecular Hbond substituents is 2. The second-order valence-corrected chi connectivity index (χ2v) is 7.54. The first-order valence-electron chi connectivity index (χ1n) is 9.92. The zero-order valence-electron chi connectivity index (χ0n) is 17.0. The highest BCUT2D eigenvalue weighted by molar-refractivity contribution is 5.93. The van der Waals surface area contributed by atoms with Crippen molar-refractivity contribution in [2.24, 2.45) is 0 Å². The summed E-state index contributed by atoms with van der Waals surface area (Å²) in [7, 11) is 1.57. The van der Waals surface area contributed by atoms with Gasteiger partial charge < -0.3 is 24.1 Å². The highest BCUT2D eigenvalue weighted by Gasteiger charge is 2.33. The van der Waals surface area contributed by atoms with Gasteiger partial charge in [0.1, 0.15) is 39.7 Å². The standard InChI is InChI=1S/C25H18O7/c1-30-16-8-4-13(5-9-16)17-10-22(29)31-21-12-19(28)24-18(27)11-20(32-25(24)23(17)21)14-2-6-15(26)7-3-14/h2-9,11-12,17,26,28H,10H2,1H3. The van der Waals surface area contributed by atoms with Crippen LogP contribution in [0.25, 0.3) is 22.3 Å². The van der Waals surface area contributed by atoms with E-state index < -0.39 is 17.3 Å². The number of carbonyl (C=O) groups is 1. The first-order chi connectivity index (χ1) is 15.4. The number of aromatic hydroxyl groups is 2. The molecule has 0 spiro atoms. The van der Waals surface area contributed by atoms with Crippen LogP contribution in [-0.4, -0.2) is 23.3 Å². The van der Waals surface area contributed by atoms with E-state index in [1.807, 2.05) is 12.1 Å². The van der Waals surface area contributed by atoms with Gasteiger partial charge in [-0.1, -0.05) is 12.1 Å². The number of phenols is 2. The Kier molecular flexibility index (Phi) is 4.59. The van der Waals surface area contributed by atoms with Crippen molar-refractivity contribution >= 4 is 16.9 Å². The van der Waals surface area contributed by atoms with Crippen molar-refractivity contribution in [1.29, 1.82) is 0 Å². The lowest BCUT2D eigenvalue weighted by molar-refractivity contribution is -0.135. The van der Waals surface area contributed by atoms with Crippen LogP contribution >= 0.6 is 0 Å². The fourth-order valence-corrected chi connectivity index (χ4v) is 4.05. The van der Waals surface area contributed by atoms with Crippen LogP contribution in [-0.2, 0) is 4.79 Å². The summed E-state index contributed by atoms with van der Waals surface area (Å²) >= 11 is 0. The average molecular weight is 430 g/mol. The number of hydrogen-bond acceptors (Lipinski definition) is 7. The van der Waals surface area contributed by atoms with E-state index in [9.17, 15) is 19.8 Å². The van der Waals surface area contributed by atoms with Crippen molar-refractivity contribution in [3.05, 3.63) is 82.0 Å². The molecule has 0 aliphatic carbocycles. The Hall–Kier alpha value is -4.26. The Labute approximate surface area is 182 Å². The maximum Gasteiger partial charge on any atom is 0.312 e. The maximum atomic E-state index is 12.9. The third kappa shape index (κ3) is 3.24. The van der Waals surface area contributed by atoms with Crippen molar-refractivity contribution in [2.45, 2.75) is 12.3 Å². The molecule has 1 aliphatic heterocycles. The summed E-state index contributed by atoms with van der Waals surface area (Å²) in [5, 5.41) is 20.1. The van der Waals surface area contributed by atoms with Crippen molar-refractivity contribution in [2.75, 3.05) is 7.11 Å². The summed E-state index contributed by atoms with van der Waals surface area (Å²) in [5.41, 5.74) is 1.63. The molecule has 0 fully saturated rings.